The van der Waals surface area contributed by atoms with Crippen molar-refractivity contribution in [3.8, 4) is 5.75 Å². The van der Waals surface area contributed by atoms with Gasteiger partial charge < -0.3 is 10.1 Å². The van der Waals surface area contributed by atoms with Crippen molar-refractivity contribution in [1.82, 2.24) is 5.32 Å². The fourth-order valence-corrected chi connectivity index (χ4v) is 3.65. The first-order chi connectivity index (χ1) is 9.78. The number of methoxy groups -OCH3 is 1. The number of rotatable bonds is 2. The van der Waals surface area contributed by atoms with E-state index in [0.29, 0.717) is 6.04 Å². The first-order valence-electron chi connectivity index (χ1n) is 7.24. The van der Waals surface area contributed by atoms with E-state index in [4.69, 9.17) is 4.74 Å². The third kappa shape index (κ3) is 3.05. The molecule has 2 aromatic rings. The van der Waals surface area contributed by atoms with Gasteiger partial charge in [0.15, 0.2) is 0 Å². The largest absolute Gasteiger partial charge is 0.497 e. The van der Waals surface area contributed by atoms with Crippen molar-refractivity contribution in [1.29, 1.82) is 0 Å². The Kier molecular flexibility index (Phi) is 5.21. The van der Waals surface area contributed by atoms with Gasteiger partial charge in [-0.25, -0.2) is 0 Å². The van der Waals surface area contributed by atoms with Crippen LogP contribution in [0.5, 0.6) is 5.75 Å². The lowest BCUT2D eigenvalue weighted by molar-refractivity contribution is 0.413. The molecule has 0 saturated carbocycles. The predicted octanol–water partition coefficient (Wildman–Crippen LogP) is 4.33. The molecule has 0 bridgehead atoms. The van der Waals surface area contributed by atoms with Crippen LogP contribution in [-0.4, -0.2) is 13.7 Å². The van der Waals surface area contributed by atoms with Crippen LogP contribution in [0.15, 0.2) is 30.3 Å². The van der Waals surface area contributed by atoms with Gasteiger partial charge in [-0.2, -0.15) is 0 Å². The van der Waals surface area contributed by atoms with Crippen molar-refractivity contribution < 1.29 is 4.74 Å². The minimum absolute atomic E-state index is 0.314. The standard InChI is InChI=1S/C15H17NOS.C2H6/c1-10-8-13-14(18-10)6-7-16-15(13)11-4-3-5-12(9-11)17-2;1-2/h3-5,8-9,15-16H,6-7H2,1-2H3;1-2H3. The number of fused-ring (bicyclic) bond motifs is 1. The maximum Gasteiger partial charge on any atom is 0.119 e. The van der Waals surface area contributed by atoms with Crippen LogP contribution in [-0.2, 0) is 6.42 Å². The Bertz CT molecular complexity index is 562. The summed E-state index contributed by atoms with van der Waals surface area (Å²) >= 11 is 1.93. The third-order valence-electron chi connectivity index (χ3n) is 3.40. The van der Waals surface area contributed by atoms with Gasteiger partial charge in [0.1, 0.15) is 5.75 Å². The molecule has 20 heavy (non-hydrogen) atoms. The molecule has 2 heterocycles. The molecule has 1 aliphatic heterocycles. The summed E-state index contributed by atoms with van der Waals surface area (Å²) in [5, 5.41) is 3.61. The van der Waals surface area contributed by atoms with E-state index in [1.807, 2.05) is 31.3 Å². The molecule has 0 aliphatic carbocycles. The van der Waals surface area contributed by atoms with E-state index < -0.39 is 0 Å². The highest BCUT2D eigenvalue weighted by atomic mass is 32.1. The van der Waals surface area contributed by atoms with Crippen molar-refractivity contribution in [2.24, 2.45) is 0 Å². The summed E-state index contributed by atoms with van der Waals surface area (Å²) in [6.45, 7) is 7.24. The van der Waals surface area contributed by atoms with Crippen molar-refractivity contribution in [2.45, 2.75) is 33.2 Å². The van der Waals surface area contributed by atoms with Gasteiger partial charge in [-0.1, -0.05) is 26.0 Å². The lowest BCUT2D eigenvalue weighted by Crippen LogP contribution is -2.29. The van der Waals surface area contributed by atoms with Crippen molar-refractivity contribution in [3.05, 3.63) is 51.2 Å². The number of hydrogen-bond acceptors (Lipinski definition) is 3. The van der Waals surface area contributed by atoms with Gasteiger partial charge in [-0.3, -0.25) is 0 Å². The van der Waals surface area contributed by atoms with Gasteiger partial charge in [0.05, 0.1) is 13.2 Å². The van der Waals surface area contributed by atoms with Gasteiger partial charge in [0, 0.05) is 16.3 Å². The van der Waals surface area contributed by atoms with Gasteiger partial charge >= 0.3 is 0 Å². The van der Waals surface area contributed by atoms with E-state index in [9.17, 15) is 0 Å². The molecule has 1 aliphatic rings. The molecular formula is C17H23NOS. The summed E-state index contributed by atoms with van der Waals surface area (Å²) < 4.78 is 5.31. The molecule has 3 rings (SSSR count). The Morgan fingerprint density at radius 3 is 2.80 bits per heavy atom. The van der Waals surface area contributed by atoms with E-state index in [1.54, 1.807) is 7.11 Å². The second-order valence-corrected chi connectivity index (χ2v) is 5.99. The lowest BCUT2D eigenvalue weighted by Gasteiger charge is -2.25. The van der Waals surface area contributed by atoms with Crippen LogP contribution >= 0.6 is 11.3 Å². The zero-order valence-corrected chi connectivity index (χ0v) is 13.5. The second kappa shape index (κ2) is 6.91. The molecule has 1 N–H and O–H groups in total. The van der Waals surface area contributed by atoms with Crippen LogP contribution in [0.1, 0.15) is 40.8 Å². The van der Waals surface area contributed by atoms with Crippen molar-refractivity contribution in [2.75, 3.05) is 13.7 Å². The average molecular weight is 289 g/mol. The molecule has 0 amide bonds. The third-order valence-corrected chi connectivity index (χ3v) is 4.53. The molecule has 1 aromatic carbocycles. The number of aryl methyl sites for hydroxylation is 1. The predicted molar refractivity (Wildman–Crippen MR) is 86.9 cm³/mol. The molecule has 0 saturated heterocycles. The van der Waals surface area contributed by atoms with Gasteiger partial charge in [-0.05, 0) is 42.7 Å². The van der Waals surface area contributed by atoms with Crippen molar-refractivity contribution in [3.63, 3.8) is 0 Å². The SMILES string of the molecule is CC.COc1cccc(C2NCCc3sc(C)cc32)c1. The maximum atomic E-state index is 5.31. The Morgan fingerprint density at radius 1 is 1.25 bits per heavy atom. The first-order valence-corrected chi connectivity index (χ1v) is 8.06. The molecule has 1 unspecified atom stereocenters. The Balaban J connectivity index is 0.000000704. The molecule has 108 valence electrons. The van der Waals surface area contributed by atoms with Gasteiger partial charge in [0.2, 0.25) is 0 Å². The highest BCUT2D eigenvalue weighted by molar-refractivity contribution is 7.12. The molecule has 0 radical (unpaired) electrons. The maximum absolute atomic E-state index is 5.31. The number of ether oxygens (including phenoxy) is 1. The highest BCUT2D eigenvalue weighted by Crippen LogP contribution is 2.35. The summed E-state index contributed by atoms with van der Waals surface area (Å²) in [6, 6.07) is 11.0. The minimum Gasteiger partial charge on any atom is -0.497 e. The second-order valence-electron chi connectivity index (χ2n) is 4.65. The fraction of sp³-hybridized carbons (Fsp3) is 0.412. The van der Waals surface area contributed by atoms with Gasteiger partial charge in [0.25, 0.3) is 0 Å². The van der Waals surface area contributed by atoms with Crippen LogP contribution in [0.4, 0.5) is 0 Å². The normalized spacial score (nSPS) is 16.9. The van der Waals surface area contributed by atoms with Crippen LogP contribution in [0.25, 0.3) is 0 Å². The minimum atomic E-state index is 0.314. The van der Waals surface area contributed by atoms with Crippen molar-refractivity contribution >= 4 is 11.3 Å². The number of hydrogen-bond donors (Lipinski definition) is 1. The number of nitrogens with one attached hydrogen (secondary N) is 1. The lowest BCUT2D eigenvalue weighted by atomic mass is 9.95. The molecule has 1 aromatic heterocycles. The van der Waals surface area contributed by atoms with Crippen LogP contribution < -0.4 is 10.1 Å². The molecule has 3 heteroatoms. The zero-order valence-electron chi connectivity index (χ0n) is 12.7. The topological polar surface area (TPSA) is 21.3 Å². The fourth-order valence-electron chi connectivity index (χ4n) is 2.58. The monoisotopic (exact) mass is 289 g/mol. The zero-order chi connectivity index (χ0) is 14.5. The summed E-state index contributed by atoms with van der Waals surface area (Å²) in [4.78, 5) is 2.93. The van der Waals surface area contributed by atoms with E-state index in [2.05, 4.69) is 36.5 Å². The van der Waals surface area contributed by atoms with Gasteiger partial charge in [-0.15, -0.1) is 11.3 Å². The van der Waals surface area contributed by atoms with E-state index in [1.165, 1.54) is 20.9 Å². The molecule has 0 spiro atoms. The molecule has 2 nitrogen and oxygen atoms in total. The van der Waals surface area contributed by atoms with E-state index in [-0.39, 0.29) is 0 Å². The molecule has 0 fully saturated rings. The highest BCUT2D eigenvalue weighted by Gasteiger charge is 2.23. The van der Waals surface area contributed by atoms with Crippen LogP contribution in [0, 0.1) is 6.92 Å². The summed E-state index contributed by atoms with van der Waals surface area (Å²) in [7, 11) is 1.72. The quantitative estimate of drug-likeness (QED) is 0.888. The summed E-state index contributed by atoms with van der Waals surface area (Å²) in [6.07, 6.45) is 1.15. The number of thiophene rings is 1. The van der Waals surface area contributed by atoms with E-state index in [0.717, 1.165) is 18.7 Å². The van der Waals surface area contributed by atoms with Crippen LogP contribution in [0.2, 0.25) is 0 Å². The Labute approximate surface area is 125 Å². The Hall–Kier alpha value is -1.32. The smallest absolute Gasteiger partial charge is 0.119 e. The molecular weight excluding hydrogens is 266 g/mol. The summed E-state index contributed by atoms with van der Waals surface area (Å²) in [5.74, 6) is 0.924. The Morgan fingerprint density at radius 2 is 2.05 bits per heavy atom. The first kappa shape index (κ1) is 15.1. The molecule has 1 atom stereocenters. The van der Waals surface area contributed by atoms with Crippen LogP contribution in [0.3, 0.4) is 0 Å². The summed E-state index contributed by atoms with van der Waals surface area (Å²) in [5.41, 5.74) is 2.73. The van der Waals surface area contributed by atoms with E-state index >= 15 is 0 Å². The average Bonchev–Trinajstić information content (AvgIpc) is 2.89. The number of benzene rings is 1.